The lowest BCUT2D eigenvalue weighted by Gasteiger charge is -2.10. The monoisotopic (exact) mass is 138 g/mol. The molecule has 0 aromatic heterocycles. The quantitative estimate of drug-likeness (QED) is 0.472. The lowest BCUT2D eigenvalue weighted by atomic mass is 10.2. The van der Waals surface area contributed by atoms with Gasteiger partial charge in [-0.05, 0) is 0 Å². The zero-order valence-electron chi connectivity index (χ0n) is 4.54. The Hall–Kier alpha value is -0.680. The minimum absolute atomic E-state index is 0.695. The standard InChI is InChI=1S/C4H7FO4/c5-4(9,1-2-6)3(7)8/h6,9H,1-2H2,(H,7,8). The fourth-order valence-corrected chi connectivity index (χ4v) is 0.255. The van der Waals surface area contributed by atoms with E-state index in [4.69, 9.17) is 15.3 Å². The molecule has 0 saturated heterocycles. The molecule has 1 unspecified atom stereocenters. The molecule has 0 rings (SSSR count). The van der Waals surface area contributed by atoms with Gasteiger partial charge in [-0.3, -0.25) is 0 Å². The van der Waals surface area contributed by atoms with Gasteiger partial charge in [0, 0.05) is 13.0 Å². The average molecular weight is 138 g/mol. The second-order valence-corrected chi connectivity index (χ2v) is 1.54. The van der Waals surface area contributed by atoms with Crippen LogP contribution in [0.3, 0.4) is 0 Å². The van der Waals surface area contributed by atoms with Crippen molar-refractivity contribution in [2.24, 2.45) is 0 Å². The molecule has 0 aromatic carbocycles. The number of rotatable bonds is 3. The second kappa shape index (κ2) is 2.75. The Bertz CT molecular complexity index is 111. The van der Waals surface area contributed by atoms with Crippen LogP contribution in [0.1, 0.15) is 6.42 Å². The van der Waals surface area contributed by atoms with Gasteiger partial charge < -0.3 is 15.3 Å². The molecule has 0 fully saturated rings. The molecule has 5 heteroatoms. The summed E-state index contributed by atoms with van der Waals surface area (Å²) in [6.45, 7) is -0.695. The number of hydrogen-bond donors (Lipinski definition) is 3. The first-order valence-electron chi connectivity index (χ1n) is 2.26. The highest BCUT2D eigenvalue weighted by molar-refractivity contribution is 5.74. The number of carboxylic acids is 1. The van der Waals surface area contributed by atoms with Crippen LogP contribution in [0.15, 0.2) is 0 Å². The number of halogens is 1. The third kappa shape index (κ3) is 2.39. The normalized spacial score (nSPS) is 16.8. The van der Waals surface area contributed by atoms with Crippen molar-refractivity contribution in [3.63, 3.8) is 0 Å². The summed E-state index contributed by atoms with van der Waals surface area (Å²) in [5.41, 5.74) is 0. The summed E-state index contributed by atoms with van der Waals surface area (Å²) in [5, 5.41) is 24.0. The Balaban J connectivity index is 3.85. The molecule has 0 heterocycles. The maximum Gasteiger partial charge on any atom is 0.369 e. The molecule has 0 aromatic rings. The Labute approximate surface area is 50.5 Å². The first-order chi connectivity index (χ1) is 4.00. The number of hydrogen-bond acceptors (Lipinski definition) is 3. The number of aliphatic hydroxyl groups is 2. The first-order valence-corrected chi connectivity index (χ1v) is 2.26. The second-order valence-electron chi connectivity index (χ2n) is 1.54. The van der Waals surface area contributed by atoms with Crippen LogP contribution in [-0.2, 0) is 4.79 Å². The van der Waals surface area contributed by atoms with Gasteiger partial charge in [0.2, 0.25) is 0 Å². The minimum atomic E-state index is -3.28. The molecule has 4 nitrogen and oxygen atoms in total. The lowest BCUT2D eigenvalue weighted by Crippen LogP contribution is -2.34. The lowest BCUT2D eigenvalue weighted by molar-refractivity contribution is -0.183. The van der Waals surface area contributed by atoms with Crippen molar-refractivity contribution >= 4 is 5.97 Å². The van der Waals surface area contributed by atoms with Crippen LogP contribution in [0.2, 0.25) is 0 Å². The molecule has 0 radical (unpaired) electrons. The molecule has 0 amide bonds. The molecule has 54 valence electrons. The molecule has 0 aliphatic carbocycles. The van der Waals surface area contributed by atoms with Crippen LogP contribution in [0, 0.1) is 0 Å². The summed E-state index contributed by atoms with van der Waals surface area (Å²) in [7, 11) is 0. The van der Waals surface area contributed by atoms with Crippen molar-refractivity contribution in [1.29, 1.82) is 0 Å². The van der Waals surface area contributed by atoms with Gasteiger partial charge in [-0.1, -0.05) is 0 Å². The SMILES string of the molecule is O=C(O)C(O)(F)CCO. The Morgan fingerprint density at radius 3 is 2.22 bits per heavy atom. The van der Waals surface area contributed by atoms with Crippen molar-refractivity contribution in [3.05, 3.63) is 0 Å². The zero-order chi connectivity index (χ0) is 7.49. The maximum absolute atomic E-state index is 12.0. The third-order valence-corrected chi connectivity index (χ3v) is 0.771. The van der Waals surface area contributed by atoms with Gasteiger partial charge in [0.05, 0.1) is 0 Å². The molecule has 0 spiro atoms. The molecule has 1 atom stereocenters. The van der Waals surface area contributed by atoms with Crippen molar-refractivity contribution < 1.29 is 24.5 Å². The van der Waals surface area contributed by atoms with Crippen LogP contribution in [0.5, 0.6) is 0 Å². The summed E-state index contributed by atoms with van der Waals surface area (Å²) >= 11 is 0. The molecule has 0 bridgehead atoms. The topological polar surface area (TPSA) is 77.8 Å². The summed E-state index contributed by atoms with van der Waals surface area (Å²) in [6, 6.07) is 0. The average Bonchev–Trinajstić information content (AvgIpc) is 1.65. The van der Waals surface area contributed by atoms with Crippen molar-refractivity contribution in [3.8, 4) is 0 Å². The third-order valence-electron chi connectivity index (χ3n) is 0.771. The predicted molar refractivity (Wildman–Crippen MR) is 25.4 cm³/mol. The Morgan fingerprint density at radius 1 is 1.67 bits per heavy atom. The number of aliphatic carboxylic acids is 1. The number of alkyl halides is 1. The fourth-order valence-electron chi connectivity index (χ4n) is 0.255. The van der Waals surface area contributed by atoms with Crippen molar-refractivity contribution in [2.45, 2.75) is 12.3 Å². The molecule has 0 aliphatic heterocycles. The molecular formula is C4H7FO4. The van der Waals surface area contributed by atoms with Crippen LogP contribution >= 0.6 is 0 Å². The number of aliphatic hydroxyl groups excluding tert-OH is 1. The van der Waals surface area contributed by atoms with E-state index in [1.807, 2.05) is 0 Å². The highest BCUT2D eigenvalue weighted by atomic mass is 19.2. The van der Waals surface area contributed by atoms with Gasteiger partial charge in [0.15, 0.2) is 0 Å². The smallest absolute Gasteiger partial charge is 0.369 e. The van der Waals surface area contributed by atoms with Crippen LogP contribution in [-0.4, -0.2) is 33.8 Å². The van der Waals surface area contributed by atoms with E-state index >= 15 is 0 Å². The van der Waals surface area contributed by atoms with Crippen molar-refractivity contribution in [1.82, 2.24) is 0 Å². The largest absolute Gasteiger partial charge is 0.477 e. The van der Waals surface area contributed by atoms with E-state index in [1.165, 1.54) is 0 Å². The maximum atomic E-state index is 12.0. The van der Waals surface area contributed by atoms with Crippen molar-refractivity contribution in [2.75, 3.05) is 6.61 Å². The van der Waals surface area contributed by atoms with Gasteiger partial charge in [-0.15, -0.1) is 0 Å². The summed E-state index contributed by atoms with van der Waals surface area (Å²) < 4.78 is 12.0. The van der Waals surface area contributed by atoms with Crippen LogP contribution < -0.4 is 0 Å². The summed E-state index contributed by atoms with van der Waals surface area (Å²) in [6.07, 6.45) is -0.803. The van der Waals surface area contributed by atoms with E-state index in [1.54, 1.807) is 0 Å². The predicted octanol–water partition coefficient (Wildman–Crippen LogP) is -0.889. The molecular weight excluding hydrogens is 131 g/mol. The Kier molecular flexibility index (Phi) is 2.54. The minimum Gasteiger partial charge on any atom is -0.477 e. The van der Waals surface area contributed by atoms with Gasteiger partial charge >= 0.3 is 11.8 Å². The summed E-state index contributed by atoms with van der Waals surface area (Å²) in [4.78, 5) is 9.67. The number of carbonyl (C=O) groups is 1. The zero-order valence-corrected chi connectivity index (χ0v) is 4.54. The summed E-state index contributed by atoms with van der Waals surface area (Å²) in [5.74, 6) is -5.26. The van der Waals surface area contributed by atoms with E-state index in [-0.39, 0.29) is 0 Å². The van der Waals surface area contributed by atoms with E-state index in [0.717, 1.165) is 0 Å². The molecule has 9 heavy (non-hydrogen) atoms. The molecule has 0 aliphatic rings. The highest BCUT2D eigenvalue weighted by Crippen LogP contribution is 2.10. The van der Waals surface area contributed by atoms with Crippen LogP contribution in [0.4, 0.5) is 4.39 Å². The molecule has 3 N–H and O–H groups in total. The first kappa shape index (κ1) is 8.32. The highest BCUT2D eigenvalue weighted by Gasteiger charge is 2.34. The fraction of sp³-hybridized carbons (Fsp3) is 0.750. The van der Waals surface area contributed by atoms with Gasteiger partial charge in [0.1, 0.15) is 0 Å². The Morgan fingerprint density at radius 2 is 2.11 bits per heavy atom. The van der Waals surface area contributed by atoms with E-state index < -0.39 is 24.9 Å². The molecule has 0 saturated carbocycles. The van der Waals surface area contributed by atoms with Gasteiger partial charge in [0.25, 0.3) is 0 Å². The van der Waals surface area contributed by atoms with E-state index in [9.17, 15) is 9.18 Å². The van der Waals surface area contributed by atoms with Crippen LogP contribution in [0.25, 0.3) is 0 Å². The van der Waals surface area contributed by atoms with E-state index in [0.29, 0.717) is 0 Å². The van der Waals surface area contributed by atoms with Gasteiger partial charge in [-0.2, -0.15) is 4.39 Å². The number of carboxylic acid groups (broad SMARTS) is 1. The van der Waals surface area contributed by atoms with Gasteiger partial charge in [-0.25, -0.2) is 4.79 Å². The van der Waals surface area contributed by atoms with E-state index in [2.05, 4.69) is 0 Å².